The fourth-order valence-corrected chi connectivity index (χ4v) is 5.15. The highest BCUT2D eigenvalue weighted by atomic mass is 32.2. The molecular weight excluding hydrogens is 365 g/mol. The Morgan fingerprint density at radius 2 is 1.80 bits per heavy atom. The third kappa shape index (κ3) is 5.10. The van der Waals surface area contributed by atoms with E-state index in [1.54, 1.807) is 12.1 Å². The van der Waals surface area contributed by atoms with Crippen LogP contribution >= 0.6 is 11.3 Å². The number of aliphatic carboxylic acids is 1. The highest BCUT2D eigenvalue weighted by molar-refractivity contribution is 7.91. The van der Waals surface area contributed by atoms with Gasteiger partial charge in [0.25, 0.3) is 10.0 Å². The van der Waals surface area contributed by atoms with Crippen LogP contribution in [0.3, 0.4) is 0 Å². The molecule has 1 aromatic carbocycles. The molecule has 136 valence electrons. The van der Waals surface area contributed by atoms with Crippen molar-refractivity contribution in [2.75, 3.05) is 0 Å². The van der Waals surface area contributed by atoms with Crippen molar-refractivity contribution in [3.05, 3.63) is 52.7 Å². The molecule has 0 bridgehead atoms. The smallest absolute Gasteiger partial charge is 0.308 e. The van der Waals surface area contributed by atoms with Gasteiger partial charge in [0, 0.05) is 4.88 Å². The van der Waals surface area contributed by atoms with Gasteiger partial charge in [-0.1, -0.05) is 32.9 Å². The molecule has 1 unspecified atom stereocenters. The number of sulfonamides is 1. The van der Waals surface area contributed by atoms with Gasteiger partial charge in [-0.15, -0.1) is 11.3 Å². The number of thiophene rings is 1. The van der Waals surface area contributed by atoms with Gasteiger partial charge in [0.2, 0.25) is 0 Å². The summed E-state index contributed by atoms with van der Waals surface area (Å²) < 4.78 is 41.3. The predicted octanol–water partition coefficient (Wildman–Crippen LogP) is 3.58. The summed E-state index contributed by atoms with van der Waals surface area (Å²) in [4.78, 5) is 11.2. The second-order valence-corrected chi connectivity index (χ2v) is 9.87. The summed E-state index contributed by atoms with van der Waals surface area (Å²) in [6, 6.07) is 8.02. The van der Waals surface area contributed by atoms with Crippen molar-refractivity contribution in [2.24, 2.45) is 5.41 Å². The van der Waals surface area contributed by atoms with E-state index >= 15 is 0 Å². The van der Waals surface area contributed by atoms with Crippen LogP contribution in [0.1, 0.15) is 37.3 Å². The number of carboxylic acids is 1. The molecule has 0 aliphatic rings. The molecule has 1 atom stereocenters. The van der Waals surface area contributed by atoms with Crippen LogP contribution in [0.5, 0.6) is 0 Å². The van der Waals surface area contributed by atoms with Crippen molar-refractivity contribution >= 4 is 27.3 Å². The largest absolute Gasteiger partial charge is 0.481 e. The average molecular weight is 385 g/mol. The average Bonchev–Trinajstić information content (AvgIpc) is 2.93. The quantitative estimate of drug-likeness (QED) is 0.796. The molecule has 0 spiro atoms. The van der Waals surface area contributed by atoms with Crippen molar-refractivity contribution in [3.8, 4) is 0 Å². The number of carbonyl (C=O) groups is 1. The van der Waals surface area contributed by atoms with Crippen LogP contribution in [0, 0.1) is 11.2 Å². The lowest BCUT2D eigenvalue weighted by molar-refractivity contribution is -0.136. The first-order chi connectivity index (χ1) is 11.5. The Morgan fingerprint density at radius 3 is 2.32 bits per heavy atom. The number of rotatable bonds is 6. The summed E-state index contributed by atoms with van der Waals surface area (Å²) in [7, 11) is -3.83. The number of nitrogens with one attached hydrogen (secondary N) is 1. The third-order valence-electron chi connectivity index (χ3n) is 3.57. The summed E-state index contributed by atoms with van der Waals surface area (Å²) in [5, 5.41) is 8.81. The minimum Gasteiger partial charge on any atom is -0.481 e. The van der Waals surface area contributed by atoms with Gasteiger partial charge >= 0.3 is 5.97 Å². The van der Waals surface area contributed by atoms with Crippen LogP contribution in [0.25, 0.3) is 0 Å². The first kappa shape index (κ1) is 19.6. The van der Waals surface area contributed by atoms with E-state index in [2.05, 4.69) is 4.72 Å². The molecule has 0 fully saturated rings. The molecule has 8 heteroatoms. The Labute approximate surface area is 150 Å². The van der Waals surface area contributed by atoms with Crippen molar-refractivity contribution in [1.29, 1.82) is 0 Å². The zero-order valence-electron chi connectivity index (χ0n) is 14.1. The van der Waals surface area contributed by atoms with Crippen LogP contribution in [0.4, 0.5) is 4.39 Å². The lowest BCUT2D eigenvalue weighted by atomic mass is 9.83. The van der Waals surface area contributed by atoms with E-state index in [0.717, 1.165) is 11.3 Å². The zero-order chi connectivity index (χ0) is 18.8. The molecule has 0 radical (unpaired) electrons. The molecule has 2 N–H and O–H groups in total. The maximum atomic E-state index is 13.2. The second-order valence-electron chi connectivity index (χ2n) is 6.76. The first-order valence-electron chi connectivity index (χ1n) is 7.57. The Balaban J connectivity index is 2.32. The summed E-state index contributed by atoms with van der Waals surface area (Å²) in [6.45, 7) is 5.65. The fourth-order valence-electron chi connectivity index (χ4n) is 2.36. The van der Waals surface area contributed by atoms with Crippen LogP contribution in [-0.4, -0.2) is 19.5 Å². The first-order valence-corrected chi connectivity index (χ1v) is 9.87. The highest BCUT2D eigenvalue weighted by Crippen LogP contribution is 2.35. The molecule has 1 aromatic heterocycles. The van der Waals surface area contributed by atoms with Crippen molar-refractivity contribution in [2.45, 2.75) is 37.4 Å². The van der Waals surface area contributed by atoms with Gasteiger partial charge in [-0.3, -0.25) is 4.79 Å². The van der Waals surface area contributed by atoms with E-state index < -0.39 is 33.3 Å². The Kier molecular flexibility index (Phi) is 5.65. The second kappa shape index (κ2) is 7.23. The van der Waals surface area contributed by atoms with Gasteiger partial charge < -0.3 is 5.11 Å². The number of carboxylic acid groups (broad SMARTS) is 1. The van der Waals surface area contributed by atoms with Gasteiger partial charge in [-0.05, 0) is 35.2 Å². The van der Waals surface area contributed by atoms with E-state index in [4.69, 9.17) is 5.11 Å². The van der Waals surface area contributed by atoms with Crippen molar-refractivity contribution < 1.29 is 22.7 Å². The third-order valence-corrected chi connectivity index (χ3v) is 6.57. The van der Waals surface area contributed by atoms with Gasteiger partial charge in [0.05, 0.1) is 12.5 Å². The minimum absolute atomic E-state index is 0.0557. The molecule has 0 saturated heterocycles. The SMILES string of the molecule is CC(C)(C)C(NS(=O)(=O)c1ccc(CC(=O)O)s1)c1ccc(F)cc1. The van der Waals surface area contributed by atoms with Crippen LogP contribution < -0.4 is 4.72 Å². The number of benzene rings is 1. The molecule has 0 amide bonds. The monoisotopic (exact) mass is 385 g/mol. The van der Waals surface area contributed by atoms with E-state index in [0.29, 0.717) is 10.4 Å². The maximum absolute atomic E-state index is 13.2. The molecule has 5 nitrogen and oxygen atoms in total. The molecule has 25 heavy (non-hydrogen) atoms. The molecule has 2 rings (SSSR count). The summed E-state index contributed by atoms with van der Waals surface area (Å²) in [5.74, 6) is -1.41. The standard InChI is InChI=1S/C17H20FNO4S2/c1-17(2,3)16(11-4-6-12(18)7-5-11)19-25(22,23)15-9-8-13(24-15)10-14(20)21/h4-9,16,19H,10H2,1-3H3,(H,20,21). The van der Waals surface area contributed by atoms with E-state index in [1.807, 2.05) is 20.8 Å². The van der Waals surface area contributed by atoms with Gasteiger partial charge in [-0.2, -0.15) is 0 Å². The Hall–Kier alpha value is -1.77. The normalized spacial score (nSPS) is 13.6. The Bertz CT molecular complexity index is 852. The fraction of sp³-hybridized carbons (Fsp3) is 0.353. The molecule has 1 heterocycles. The molecule has 0 aliphatic carbocycles. The number of halogens is 1. The van der Waals surface area contributed by atoms with E-state index in [9.17, 15) is 17.6 Å². The van der Waals surface area contributed by atoms with Crippen LogP contribution in [-0.2, 0) is 21.2 Å². The maximum Gasteiger partial charge on any atom is 0.308 e. The predicted molar refractivity (Wildman–Crippen MR) is 94.6 cm³/mol. The van der Waals surface area contributed by atoms with Gasteiger partial charge in [-0.25, -0.2) is 17.5 Å². The van der Waals surface area contributed by atoms with Crippen molar-refractivity contribution in [3.63, 3.8) is 0 Å². The summed E-state index contributed by atoms with van der Waals surface area (Å²) in [5.41, 5.74) is 0.200. The van der Waals surface area contributed by atoms with Crippen LogP contribution in [0.15, 0.2) is 40.6 Å². The zero-order valence-corrected chi connectivity index (χ0v) is 15.7. The topological polar surface area (TPSA) is 83.5 Å². The van der Waals surface area contributed by atoms with E-state index in [1.165, 1.54) is 24.3 Å². The Morgan fingerprint density at radius 1 is 1.20 bits per heavy atom. The van der Waals surface area contributed by atoms with Crippen LogP contribution in [0.2, 0.25) is 0 Å². The molecule has 0 aliphatic heterocycles. The lowest BCUT2D eigenvalue weighted by Crippen LogP contribution is -2.36. The molecule has 2 aromatic rings. The van der Waals surface area contributed by atoms with Gasteiger partial charge in [0.1, 0.15) is 10.0 Å². The number of hydrogen-bond acceptors (Lipinski definition) is 4. The molecule has 0 saturated carbocycles. The molecular formula is C17H20FNO4S2. The summed E-state index contributed by atoms with van der Waals surface area (Å²) >= 11 is 0.927. The highest BCUT2D eigenvalue weighted by Gasteiger charge is 2.31. The lowest BCUT2D eigenvalue weighted by Gasteiger charge is -2.31. The summed E-state index contributed by atoms with van der Waals surface area (Å²) in [6.07, 6.45) is -0.221. The van der Waals surface area contributed by atoms with Crippen molar-refractivity contribution in [1.82, 2.24) is 4.72 Å². The minimum atomic E-state index is -3.83. The van der Waals surface area contributed by atoms with E-state index in [-0.39, 0.29) is 10.6 Å². The number of hydrogen-bond donors (Lipinski definition) is 2. The van der Waals surface area contributed by atoms with Gasteiger partial charge in [0.15, 0.2) is 0 Å².